The lowest BCUT2D eigenvalue weighted by atomic mass is 10.0. The molecule has 3 aromatic rings. The van der Waals surface area contributed by atoms with Gasteiger partial charge in [-0.25, -0.2) is 12.8 Å². The highest BCUT2D eigenvalue weighted by Crippen LogP contribution is 2.35. The van der Waals surface area contributed by atoms with Crippen LogP contribution in [0.1, 0.15) is 26.3 Å². The number of carbonyl (C=O) groups excluding carboxylic acids is 2. The minimum Gasteiger partial charge on any atom is -0.319 e. The maximum absolute atomic E-state index is 13.9. The first-order valence-corrected chi connectivity index (χ1v) is 9.94. The largest absolute Gasteiger partial charge is 0.319 e. The molecule has 1 heterocycles. The predicted molar refractivity (Wildman–Crippen MR) is 101 cm³/mol. The molecule has 0 saturated heterocycles. The van der Waals surface area contributed by atoms with Gasteiger partial charge in [-0.2, -0.15) is 0 Å². The topological polar surface area (TPSA) is 80.3 Å². The molecule has 0 aromatic heterocycles. The Balaban J connectivity index is 1.76. The van der Waals surface area contributed by atoms with Gasteiger partial charge in [0.15, 0.2) is 5.78 Å². The van der Waals surface area contributed by atoms with E-state index in [2.05, 4.69) is 5.32 Å². The second kappa shape index (κ2) is 6.54. The number of halogens is 2. The highest BCUT2D eigenvalue weighted by atomic mass is 35.5. The van der Waals surface area contributed by atoms with E-state index in [-0.39, 0.29) is 37.2 Å². The van der Waals surface area contributed by atoms with Gasteiger partial charge in [-0.15, -0.1) is 0 Å². The third-order valence-corrected chi connectivity index (χ3v) is 6.47. The van der Waals surface area contributed by atoms with E-state index in [1.165, 1.54) is 42.5 Å². The number of benzene rings is 3. The molecule has 0 fully saturated rings. The second-order valence-corrected chi connectivity index (χ2v) is 8.44. The number of hydrogen-bond acceptors (Lipinski definition) is 4. The Morgan fingerprint density at radius 3 is 2.39 bits per heavy atom. The molecule has 0 saturated carbocycles. The SMILES string of the molecule is O=C(Nc1ccc(Cl)cc1F)c1ccc2c(c1)S(=O)(=O)c1ccccc1C2=O. The lowest BCUT2D eigenvalue weighted by molar-refractivity contribution is 0.101. The Morgan fingerprint density at radius 2 is 1.64 bits per heavy atom. The maximum atomic E-state index is 13.9. The highest BCUT2D eigenvalue weighted by molar-refractivity contribution is 7.91. The van der Waals surface area contributed by atoms with E-state index < -0.39 is 27.3 Å². The summed E-state index contributed by atoms with van der Waals surface area (Å²) in [5, 5.41) is 2.54. The van der Waals surface area contributed by atoms with Crippen molar-refractivity contribution in [3.05, 3.63) is 88.2 Å². The van der Waals surface area contributed by atoms with Gasteiger partial charge in [-0.1, -0.05) is 23.7 Å². The second-order valence-electron chi connectivity index (χ2n) is 6.12. The standard InChI is InChI=1S/C20H11ClFNO4S/c21-12-6-8-16(15(22)10-12)23-20(25)11-5-7-14-18(9-11)28(26,27)17-4-2-1-3-13(17)19(14)24/h1-10H,(H,23,25). The molecule has 1 aliphatic rings. The molecule has 8 heteroatoms. The van der Waals surface area contributed by atoms with Crippen LogP contribution in [0.4, 0.5) is 10.1 Å². The van der Waals surface area contributed by atoms with Crippen LogP contribution in [-0.4, -0.2) is 20.1 Å². The van der Waals surface area contributed by atoms with Crippen LogP contribution in [0.3, 0.4) is 0 Å². The lowest BCUT2D eigenvalue weighted by Crippen LogP contribution is -2.21. The van der Waals surface area contributed by atoms with Crippen LogP contribution in [-0.2, 0) is 9.84 Å². The van der Waals surface area contributed by atoms with Crippen LogP contribution in [0.5, 0.6) is 0 Å². The molecule has 1 aliphatic heterocycles. The molecule has 0 unspecified atom stereocenters. The first kappa shape index (κ1) is 18.3. The van der Waals surface area contributed by atoms with E-state index in [4.69, 9.17) is 11.6 Å². The van der Waals surface area contributed by atoms with Crippen LogP contribution >= 0.6 is 11.6 Å². The van der Waals surface area contributed by atoms with Gasteiger partial charge >= 0.3 is 0 Å². The maximum Gasteiger partial charge on any atom is 0.255 e. The van der Waals surface area contributed by atoms with E-state index in [0.717, 1.165) is 12.1 Å². The number of sulfone groups is 1. The zero-order valence-electron chi connectivity index (χ0n) is 14.1. The molecular formula is C20H11ClFNO4S. The monoisotopic (exact) mass is 415 g/mol. The van der Waals surface area contributed by atoms with Crippen LogP contribution in [0.15, 0.2) is 70.5 Å². The average Bonchev–Trinajstić information content (AvgIpc) is 2.68. The van der Waals surface area contributed by atoms with Gasteiger partial charge < -0.3 is 5.32 Å². The number of carbonyl (C=O) groups is 2. The van der Waals surface area contributed by atoms with Crippen molar-refractivity contribution >= 4 is 38.8 Å². The fourth-order valence-electron chi connectivity index (χ4n) is 3.01. The number of anilines is 1. The molecule has 140 valence electrons. The predicted octanol–water partition coefficient (Wildman–Crippen LogP) is 4.11. The smallest absolute Gasteiger partial charge is 0.255 e. The lowest BCUT2D eigenvalue weighted by Gasteiger charge is -2.19. The van der Waals surface area contributed by atoms with Crippen molar-refractivity contribution in [2.75, 3.05) is 5.32 Å². The van der Waals surface area contributed by atoms with E-state index in [0.29, 0.717) is 0 Å². The molecule has 0 bridgehead atoms. The number of hydrogen-bond donors (Lipinski definition) is 1. The normalized spacial score (nSPS) is 14.1. The van der Waals surface area contributed by atoms with E-state index in [9.17, 15) is 22.4 Å². The van der Waals surface area contributed by atoms with Crippen molar-refractivity contribution in [3.63, 3.8) is 0 Å². The molecule has 0 aliphatic carbocycles. The summed E-state index contributed by atoms with van der Waals surface area (Å²) in [4.78, 5) is 24.7. The fourth-order valence-corrected chi connectivity index (χ4v) is 4.85. The van der Waals surface area contributed by atoms with Gasteiger partial charge in [-0.05, 0) is 48.5 Å². The Kier molecular flexibility index (Phi) is 4.28. The van der Waals surface area contributed by atoms with Gasteiger partial charge in [0.05, 0.1) is 15.5 Å². The van der Waals surface area contributed by atoms with Gasteiger partial charge in [-0.3, -0.25) is 9.59 Å². The summed E-state index contributed by atoms with van der Waals surface area (Å²) in [6, 6.07) is 13.4. The fraction of sp³-hybridized carbons (Fsp3) is 0. The molecular weight excluding hydrogens is 405 g/mol. The number of rotatable bonds is 2. The average molecular weight is 416 g/mol. The first-order valence-electron chi connectivity index (χ1n) is 8.08. The van der Waals surface area contributed by atoms with Crippen molar-refractivity contribution in [2.45, 2.75) is 9.79 Å². The first-order chi connectivity index (χ1) is 13.3. The Bertz CT molecular complexity index is 1270. The summed E-state index contributed by atoms with van der Waals surface area (Å²) in [7, 11) is -3.97. The van der Waals surface area contributed by atoms with Crippen LogP contribution in [0.25, 0.3) is 0 Å². The molecule has 28 heavy (non-hydrogen) atoms. The van der Waals surface area contributed by atoms with Crippen molar-refractivity contribution < 1.29 is 22.4 Å². The summed E-state index contributed by atoms with van der Waals surface area (Å²) < 4.78 is 39.7. The van der Waals surface area contributed by atoms with Crippen molar-refractivity contribution in [2.24, 2.45) is 0 Å². The highest BCUT2D eigenvalue weighted by Gasteiger charge is 2.35. The molecule has 0 radical (unpaired) electrons. The molecule has 1 N–H and O–H groups in total. The van der Waals surface area contributed by atoms with E-state index in [1.54, 1.807) is 6.07 Å². The summed E-state index contributed by atoms with van der Waals surface area (Å²) >= 11 is 5.68. The van der Waals surface area contributed by atoms with Gasteiger partial charge in [0.1, 0.15) is 5.82 Å². The number of ketones is 1. The van der Waals surface area contributed by atoms with Crippen LogP contribution in [0, 0.1) is 5.82 Å². The molecule has 3 aromatic carbocycles. The summed E-state index contributed by atoms with van der Waals surface area (Å²) in [5.41, 5.74) is -0.0383. The molecule has 1 amide bonds. The van der Waals surface area contributed by atoms with Gasteiger partial charge in [0.2, 0.25) is 9.84 Å². The molecule has 0 atom stereocenters. The van der Waals surface area contributed by atoms with Gasteiger partial charge in [0, 0.05) is 21.7 Å². The van der Waals surface area contributed by atoms with E-state index in [1.807, 2.05) is 0 Å². The summed E-state index contributed by atoms with van der Waals surface area (Å²) in [6.07, 6.45) is 0. The Hall–Kier alpha value is -3.03. The van der Waals surface area contributed by atoms with Crippen LogP contribution < -0.4 is 5.32 Å². The third kappa shape index (κ3) is 2.89. The molecule has 0 spiro atoms. The van der Waals surface area contributed by atoms with Crippen molar-refractivity contribution in [3.8, 4) is 0 Å². The molecule has 4 rings (SSSR count). The summed E-state index contributed by atoms with van der Waals surface area (Å²) in [6.45, 7) is 0. The Morgan fingerprint density at radius 1 is 0.929 bits per heavy atom. The van der Waals surface area contributed by atoms with Crippen molar-refractivity contribution in [1.82, 2.24) is 0 Å². The zero-order valence-corrected chi connectivity index (χ0v) is 15.6. The molecule has 5 nitrogen and oxygen atoms in total. The Labute approximate surface area is 164 Å². The van der Waals surface area contributed by atoms with Crippen molar-refractivity contribution in [1.29, 1.82) is 0 Å². The number of amides is 1. The minimum atomic E-state index is -3.97. The number of nitrogens with one attached hydrogen (secondary N) is 1. The quantitative estimate of drug-likeness (QED) is 0.534. The van der Waals surface area contributed by atoms with E-state index >= 15 is 0 Å². The number of fused-ring (bicyclic) bond motifs is 2. The van der Waals surface area contributed by atoms with Crippen LogP contribution in [0.2, 0.25) is 5.02 Å². The zero-order chi connectivity index (χ0) is 20.1. The third-order valence-electron chi connectivity index (χ3n) is 4.38. The summed E-state index contributed by atoms with van der Waals surface area (Å²) in [5.74, 6) is -1.88. The minimum absolute atomic E-state index is 0.00655. The van der Waals surface area contributed by atoms with Gasteiger partial charge in [0.25, 0.3) is 5.91 Å².